The summed E-state index contributed by atoms with van der Waals surface area (Å²) in [6, 6.07) is 0. The summed E-state index contributed by atoms with van der Waals surface area (Å²) in [5, 5.41) is 0. The van der Waals surface area contributed by atoms with Gasteiger partial charge in [-0.3, -0.25) is 4.79 Å². The Morgan fingerprint density at radius 1 is 1.60 bits per heavy atom. The maximum atomic E-state index is 11.1. The molecule has 0 aromatic rings. The third kappa shape index (κ3) is 1.18. The minimum absolute atomic E-state index is 0.250. The first-order valence-electron chi connectivity index (χ1n) is 3.54. The van der Waals surface area contributed by atoms with Gasteiger partial charge in [-0.25, -0.2) is 0 Å². The van der Waals surface area contributed by atoms with E-state index in [-0.39, 0.29) is 5.78 Å². The summed E-state index contributed by atoms with van der Waals surface area (Å²) in [7, 11) is 0. The molecule has 0 atom stereocenters. The molecule has 0 saturated carbocycles. The number of carbonyl (C=O) groups excluding carboxylic acids is 1. The van der Waals surface area contributed by atoms with E-state index in [4.69, 9.17) is 0 Å². The van der Waals surface area contributed by atoms with E-state index in [1.807, 2.05) is 19.9 Å². The van der Waals surface area contributed by atoms with Gasteiger partial charge in [-0.05, 0) is 17.1 Å². The molecular weight excluding hydrogens is 124 g/mol. The molecule has 0 saturated heterocycles. The third-order valence-corrected chi connectivity index (χ3v) is 1.69. The molecule has 1 aliphatic carbocycles. The number of hydrogen-bond acceptors (Lipinski definition) is 1. The zero-order valence-electron chi connectivity index (χ0n) is 6.48. The largest absolute Gasteiger partial charge is 0.294 e. The minimum atomic E-state index is 0.250. The molecule has 0 radical (unpaired) electrons. The van der Waals surface area contributed by atoms with Crippen LogP contribution in [0.4, 0.5) is 0 Å². The fraction of sp³-hybridized carbons (Fsp3) is 0.444. The van der Waals surface area contributed by atoms with Crippen LogP contribution in [0.2, 0.25) is 0 Å². The highest BCUT2D eigenvalue weighted by Gasteiger charge is 2.19. The first-order chi connectivity index (χ1) is 4.61. The SMILES string of the molecule is C=C1C=C(C(C)C)C(=O)C1. The first-order valence-corrected chi connectivity index (χ1v) is 3.54. The normalized spacial score (nSPS) is 18.5. The highest BCUT2D eigenvalue weighted by Crippen LogP contribution is 2.23. The summed E-state index contributed by atoms with van der Waals surface area (Å²) in [5.74, 6) is 0.603. The number of carbonyl (C=O) groups is 1. The quantitative estimate of drug-likeness (QED) is 0.539. The van der Waals surface area contributed by atoms with Crippen LogP contribution >= 0.6 is 0 Å². The Labute approximate surface area is 61.4 Å². The monoisotopic (exact) mass is 136 g/mol. The van der Waals surface area contributed by atoms with Crippen LogP contribution in [0.3, 0.4) is 0 Å². The number of allylic oxidation sites excluding steroid dienone is 3. The Balaban J connectivity index is 2.85. The van der Waals surface area contributed by atoms with Crippen molar-refractivity contribution in [3.63, 3.8) is 0 Å². The van der Waals surface area contributed by atoms with Crippen LogP contribution < -0.4 is 0 Å². The van der Waals surface area contributed by atoms with Crippen molar-refractivity contribution in [2.24, 2.45) is 5.92 Å². The van der Waals surface area contributed by atoms with Gasteiger partial charge in [0.2, 0.25) is 0 Å². The van der Waals surface area contributed by atoms with Gasteiger partial charge in [-0.2, -0.15) is 0 Å². The van der Waals surface area contributed by atoms with E-state index in [0.717, 1.165) is 11.1 Å². The number of hydrogen-bond donors (Lipinski definition) is 0. The smallest absolute Gasteiger partial charge is 0.163 e. The van der Waals surface area contributed by atoms with Crippen molar-refractivity contribution in [3.8, 4) is 0 Å². The van der Waals surface area contributed by atoms with Gasteiger partial charge >= 0.3 is 0 Å². The van der Waals surface area contributed by atoms with Crippen molar-refractivity contribution in [1.29, 1.82) is 0 Å². The third-order valence-electron chi connectivity index (χ3n) is 1.69. The molecule has 1 heteroatoms. The van der Waals surface area contributed by atoms with Crippen LogP contribution in [0.15, 0.2) is 23.8 Å². The average Bonchev–Trinajstić information content (AvgIpc) is 2.10. The molecule has 0 aromatic carbocycles. The molecule has 1 rings (SSSR count). The standard InChI is InChI=1S/C9H12O/c1-6(2)8-4-7(3)5-9(8)10/h4,6H,3,5H2,1-2H3. The molecule has 10 heavy (non-hydrogen) atoms. The molecule has 0 bridgehead atoms. The van der Waals surface area contributed by atoms with Gasteiger partial charge < -0.3 is 0 Å². The maximum Gasteiger partial charge on any atom is 0.163 e. The summed E-state index contributed by atoms with van der Waals surface area (Å²) in [6.07, 6.45) is 2.44. The predicted octanol–water partition coefficient (Wildman–Crippen LogP) is 2.10. The van der Waals surface area contributed by atoms with E-state index in [9.17, 15) is 4.79 Å². The summed E-state index contributed by atoms with van der Waals surface area (Å²) in [5.41, 5.74) is 1.89. The molecule has 0 N–H and O–H groups in total. The van der Waals surface area contributed by atoms with Gasteiger partial charge in [-0.1, -0.05) is 26.5 Å². The van der Waals surface area contributed by atoms with Crippen molar-refractivity contribution in [2.75, 3.05) is 0 Å². The molecule has 0 amide bonds. The lowest BCUT2D eigenvalue weighted by Crippen LogP contribution is -2.01. The average molecular weight is 136 g/mol. The Morgan fingerprint density at radius 3 is 2.40 bits per heavy atom. The van der Waals surface area contributed by atoms with Gasteiger partial charge in [0.1, 0.15) is 0 Å². The van der Waals surface area contributed by atoms with Gasteiger partial charge in [0.25, 0.3) is 0 Å². The van der Waals surface area contributed by atoms with Crippen molar-refractivity contribution in [3.05, 3.63) is 23.8 Å². The Morgan fingerprint density at radius 2 is 2.20 bits per heavy atom. The van der Waals surface area contributed by atoms with Gasteiger partial charge in [-0.15, -0.1) is 0 Å². The van der Waals surface area contributed by atoms with E-state index < -0.39 is 0 Å². The summed E-state index contributed by atoms with van der Waals surface area (Å²) < 4.78 is 0. The molecule has 0 spiro atoms. The Bertz CT molecular complexity index is 209. The summed E-state index contributed by atoms with van der Waals surface area (Å²) in [6.45, 7) is 7.80. The van der Waals surface area contributed by atoms with E-state index in [1.165, 1.54) is 0 Å². The highest BCUT2D eigenvalue weighted by atomic mass is 16.1. The zero-order valence-corrected chi connectivity index (χ0v) is 6.48. The second kappa shape index (κ2) is 2.41. The molecular formula is C9H12O. The van der Waals surface area contributed by atoms with E-state index in [1.54, 1.807) is 0 Å². The van der Waals surface area contributed by atoms with Crippen molar-refractivity contribution < 1.29 is 4.79 Å². The molecule has 1 nitrogen and oxygen atoms in total. The summed E-state index contributed by atoms with van der Waals surface area (Å²) in [4.78, 5) is 11.1. The number of ketones is 1. The van der Waals surface area contributed by atoms with Gasteiger partial charge in [0.15, 0.2) is 5.78 Å². The molecule has 54 valence electrons. The van der Waals surface area contributed by atoms with Crippen LogP contribution in [0, 0.1) is 5.92 Å². The Hall–Kier alpha value is -0.850. The maximum absolute atomic E-state index is 11.1. The molecule has 0 fully saturated rings. The fourth-order valence-corrected chi connectivity index (χ4v) is 1.15. The summed E-state index contributed by atoms with van der Waals surface area (Å²) >= 11 is 0. The second-order valence-corrected chi connectivity index (χ2v) is 3.01. The van der Waals surface area contributed by atoms with E-state index in [0.29, 0.717) is 12.3 Å². The highest BCUT2D eigenvalue weighted by molar-refractivity contribution is 6.01. The van der Waals surface area contributed by atoms with Crippen molar-refractivity contribution in [2.45, 2.75) is 20.3 Å². The molecule has 1 aliphatic rings. The topological polar surface area (TPSA) is 17.1 Å². The molecule has 0 aliphatic heterocycles. The van der Waals surface area contributed by atoms with Crippen LogP contribution in [-0.2, 0) is 4.79 Å². The number of Topliss-reactive ketones (excluding diaryl/α,β-unsaturated/α-hetero) is 1. The van der Waals surface area contributed by atoms with E-state index >= 15 is 0 Å². The van der Waals surface area contributed by atoms with Crippen LogP contribution in [-0.4, -0.2) is 5.78 Å². The molecule has 0 heterocycles. The Kier molecular flexibility index (Phi) is 1.75. The number of rotatable bonds is 1. The van der Waals surface area contributed by atoms with Gasteiger partial charge in [0.05, 0.1) is 0 Å². The minimum Gasteiger partial charge on any atom is -0.294 e. The van der Waals surface area contributed by atoms with Crippen LogP contribution in [0.25, 0.3) is 0 Å². The molecule has 0 aromatic heterocycles. The van der Waals surface area contributed by atoms with Gasteiger partial charge in [0, 0.05) is 6.42 Å². The molecule has 0 unspecified atom stereocenters. The van der Waals surface area contributed by atoms with Crippen LogP contribution in [0.5, 0.6) is 0 Å². The lowest BCUT2D eigenvalue weighted by molar-refractivity contribution is -0.114. The zero-order chi connectivity index (χ0) is 7.72. The lowest BCUT2D eigenvalue weighted by atomic mass is 10.0. The van der Waals surface area contributed by atoms with Crippen molar-refractivity contribution >= 4 is 5.78 Å². The van der Waals surface area contributed by atoms with Crippen LogP contribution in [0.1, 0.15) is 20.3 Å². The van der Waals surface area contributed by atoms with E-state index in [2.05, 4.69) is 6.58 Å². The second-order valence-electron chi connectivity index (χ2n) is 3.01. The van der Waals surface area contributed by atoms with Crippen molar-refractivity contribution in [1.82, 2.24) is 0 Å². The lowest BCUT2D eigenvalue weighted by Gasteiger charge is -2.01. The predicted molar refractivity (Wildman–Crippen MR) is 41.7 cm³/mol. The fourth-order valence-electron chi connectivity index (χ4n) is 1.15. The first kappa shape index (κ1) is 7.26.